The maximum absolute atomic E-state index is 13.4. The number of aryl methyl sites for hydroxylation is 1. The van der Waals surface area contributed by atoms with Gasteiger partial charge in [-0.15, -0.1) is 0 Å². The summed E-state index contributed by atoms with van der Waals surface area (Å²) in [5.41, 5.74) is 0.379. The van der Waals surface area contributed by atoms with Gasteiger partial charge in [-0.3, -0.25) is 0 Å². The minimum atomic E-state index is -0.586. The lowest BCUT2D eigenvalue weighted by Crippen LogP contribution is -2.05. The third kappa shape index (κ3) is 3.22. The van der Waals surface area contributed by atoms with Crippen LogP contribution in [0.3, 0.4) is 0 Å². The molecule has 0 unspecified atom stereocenters. The Morgan fingerprint density at radius 3 is 2.67 bits per heavy atom. The first kappa shape index (κ1) is 12.9. The van der Waals surface area contributed by atoms with Gasteiger partial charge in [-0.2, -0.15) is 0 Å². The summed E-state index contributed by atoms with van der Waals surface area (Å²) in [6, 6.07) is 5.18. The van der Waals surface area contributed by atoms with Crippen molar-refractivity contribution in [1.29, 1.82) is 0 Å². The largest absolute Gasteiger partial charge is 0.366 e. The van der Waals surface area contributed by atoms with Crippen molar-refractivity contribution in [3.05, 3.63) is 51.9 Å². The summed E-state index contributed by atoms with van der Waals surface area (Å²) < 4.78 is 26.8. The summed E-state index contributed by atoms with van der Waals surface area (Å²) in [4.78, 5) is 8.21. The molecule has 1 aromatic heterocycles. The summed E-state index contributed by atoms with van der Waals surface area (Å²) in [5, 5.41) is 2.96. The van der Waals surface area contributed by atoms with Crippen LogP contribution in [-0.2, 0) is 6.54 Å². The van der Waals surface area contributed by atoms with Crippen LogP contribution in [0.4, 0.5) is 14.6 Å². The van der Waals surface area contributed by atoms with Crippen LogP contribution >= 0.6 is 15.9 Å². The number of nitrogens with one attached hydrogen (secondary N) is 1. The van der Waals surface area contributed by atoms with E-state index in [0.29, 0.717) is 21.8 Å². The van der Waals surface area contributed by atoms with Gasteiger partial charge in [-0.25, -0.2) is 18.7 Å². The van der Waals surface area contributed by atoms with E-state index >= 15 is 0 Å². The number of aromatic nitrogens is 2. The number of benzene rings is 1. The van der Waals surface area contributed by atoms with Crippen molar-refractivity contribution in [3.8, 4) is 0 Å². The minimum Gasteiger partial charge on any atom is -0.366 e. The van der Waals surface area contributed by atoms with Crippen LogP contribution in [0.5, 0.6) is 0 Å². The van der Waals surface area contributed by atoms with Gasteiger partial charge in [0.2, 0.25) is 0 Å². The Morgan fingerprint density at radius 2 is 2.00 bits per heavy atom. The third-order valence-corrected chi connectivity index (χ3v) is 2.69. The summed E-state index contributed by atoms with van der Waals surface area (Å²) in [6.07, 6.45) is 0. The molecular weight excluding hydrogens is 304 g/mol. The molecule has 3 nitrogen and oxygen atoms in total. The van der Waals surface area contributed by atoms with Crippen LogP contribution in [0.25, 0.3) is 0 Å². The Hall–Kier alpha value is -1.56. The zero-order valence-corrected chi connectivity index (χ0v) is 11.1. The van der Waals surface area contributed by atoms with Gasteiger partial charge in [0.15, 0.2) is 0 Å². The molecule has 18 heavy (non-hydrogen) atoms. The molecule has 0 saturated heterocycles. The fourth-order valence-electron chi connectivity index (χ4n) is 1.47. The average Bonchev–Trinajstić information content (AvgIpc) is 2.26. The molecule has 0 bridgehead atoms. The zero-order valence-electron chi connectivity index (χ0n) is 9.54. The third-order valence-electron chi connectivity index (χ3n) is 2.28. The normalized spacial score (nSPS) is 10.4. The summed E-state index contributed by atoms with van der Waals surface area (Å²) in [7, 11) is 0. The van der Waals surface area contributed by atoms with Crippen LogP contribution in [-0.4, -0.2) is 9.97 Å². The zero-order chi connectivity index (χ0) is 13.1. The summed E-state index contributed by atoms with van der Waals surface area (Å²) in [6.45, 7) is 1.99. The van der Waals surface area contributed by atoms with Crippen molar-refractivity contribution >= 4 is 21.7 Å². The van der Waals surface area contributed by atoms with Crippen LogP contribution in [0.15, 0.2) is 28.9 Å². The highest BCUT2D eigenvalue weighted by atomic mass is 79.9. The molecule has 6 heteroatoms. The van der Waals surface area contributed by atoms with E-state index in [4.69, 9.17) is 0 Å². The van der Waals surface area contributed by atoms with Gasteiger partial charge in [0, 0.05) is 24.2 Å². The van der Waals surface area contributed by atoms with Gasteiger partial charge < -0.3 is 5.32 Å². The molecular formula is C12H10BrF2N3. The van der Waals surface area contributed by atoms with Crippen molar-refractivity contribution in [2.24, 2.45) is 0 Å². The Balaban J connectivity index is 2.11. The van der Waals surface area contributed by atoms with Crippen molar-refractivity contribution in [3.63, 3.8) is 0 Å². The lowest BCUT2D eigenvalue weighted by atomic mass is 10.2. The van der Waals surface area contributed by atoms with Gasteiger partial charge in [-0.1, -0.05) is 6.07 Å². The Morgan fingerprint density at radius 1 is 1.22 bits per heavy atom. The van der Waals surface area contributed by atoms with E-state index in [-0.39, 0.29) is 6.54 Å². The van der Waals surface area contributed by atoms with Gasteiger partial charge >= 0.3 is 0 Å². The lowest BCUT2D eigenvalue weighted by Gasteiger charge is -2.07. The van der Waals surface area contributed by atoms with E-state index in [1.54, 1.807) is 13.0 Å². The van der Waals surface area contributed by atoms with E-state index in [2.05, 4.69) is 31.2 Å². The van der Waals surface area contributed by atoms with Crippen molar-refractivity contribution < 1.29 is 8.78 Å². The van der Waals surface area contributed by atoms with E-state index in [0.717, 1.165) is 6.07 Å². The molecule has 0 aliphatic heterocycles. The molecule has 0 fully saturated rings. The second-order valence-electron chi connectivity index (χ2n) is 3.71. The molecule has 0 spiro atoms. The Kier molecular flexibility index (Phi) is 3.86. The number of anilines is 1. The van der Waals surface area contributed by atoms with E-state index in [1.807, 2.05) is 0 Å². The SMILES string of the molecule is Cc1nc(Br)cc(NCc2ccc(F)cc2F)n1. The Bertz CT molecular complexity index is 555. The topological polar surface area (TPSA) is 37.8 Å². The fourth-order valence-corrected chi connectivity index (χ4v) is 1.95. The predicted octanol–water partition coefficient (Wildman–Crippen LogP) is 3.44. The van der Waals surface area contributed by atoms with Crippen molar-refractivity contribution in [2.45, 2.75) is 13.5 Å². The molecule has 0 radical (unpaired) electrons. The van der Waals surface area contributed by atoms with Crippen LogP contribution in [0.1, 0.15) is 11.4 Å². The molecule has 2 aromatic rings. The lowest BCUT2D eigenvalue weighted by molar-refractivity contribution is 0.574. The number of nitrogens with zero attached hydrogens (tertiary/aromatic N) is 2. The highest BCUT2D eigenvalue weighted by molar-refractivity contribution is 9.10. The van der Waals surface area contributed by atoms with Gasteiger partial charge in [0.1, 0.15) is 27.9 Å². The molecule has 0 aliphatic carbocycles. The maximum atomic E-state index is 13.4. The summed E-state index contributed by atoms with van der Waals surface area (Å²) in [5.74, 6) is 0.0220. The summed E-state index contributed by atoms with van der Waals surface area (Å²) >= 11 is 3.25. The standard InChI is InChI=1S/C12H10BrF2N3/c1-7-17-11(13)5-12(18-7)16-6-8-2-3-9(14)4-10(8)15/h2-5H,6H2,1H3,(H,16,17,18). The van der Waals surface area contributed by atoms with Gasteiger partial charge in [0.05, 0.1) is 0 Å². The van der Waals surface area contributed by atoms with Crippen LogP contribution < -0.4 is 5.32 Å². The average molecular weight is 314 g/mol. The van der Waals surface area contributed by atoms with Crippen LogP contribution in [0, 0.1) is 18.6 Å². The first-order chi connectivity index (χ1) is 8.54. The Labute approximate surface area is 111 Å². The van der Waals surface area contributed by atoms with E-state index in [9.17, 15) is 8.78 Å². The molecule has 0 saturated carbocycles. The highest BCUT2D eigenvalue weighted by Gasteiger charge is 2.05. The molecule has 2 rings (SSSR count). The second kappa shape index (κ2) is 5.39. The molecule has 94 valence electrons. The predicted molar refractivity (Wildman–Crippen MR) is 68.2 cm³/mol. The molecule has 0 aliphatic rings. The quantitative estimate of drug-likeness (QED) is 0.882. The smallest absolute Gasteiger partial charge is 0.131 e. The second-order valence-corrected chi connectivity index (χ2v) is 4.52. The molecule has 0 atom stereocenters. The first-order valence-corrected chi connectivity index (χ1v) is 6.03. The van der Waals surface area contributed by atoms with Gasteiger partial charge in [0.25, 0.3) is 0 Å². The van der Waals surface area contributed by atoms with Crippen LogP contribution in [0.2, 0.25) is 0 Å². The molecule has 1 aromatic carbocycles. The van der Waals surface area contributed by atoms with Gasteiger partial charge in [-0.05, 0) is 28.9 Å². The molecule has 0 amide bonds. The number of rotatable bonds is 3. The number of hydrogen-bond acceptors (Lipinski definition) is 3. The fraction of sp³-hybridized carbons (Fsp3) is 0.167. The van der Waals surface area contributed by atoms with Crippen molar-refractivity contribution in [2.75, 3.05) is 5.32 Å². The highest BCUT2D eigenvalue weighted by Crippen LogP contribution is 2.15. The molecule has 1 heterocycles. The minimum absolute atomic E-state index is 0.231. The molecule has 1 N–H and O–H groups in total. The van der Waals surface area contributed by atoms with E-state index in [1.165, 1.54) is 12.1 Å². The monoisotopic (exact) mass is 313 g/mol. The first-order valence-electron chi connectivity index (χ1n) is 5.23. The number of hydrogen-bond donors (Lipinski definition) is 1. The maximum Gasteiger partial charge on any atom is 0.131 e. The van der Waals surface area contributed by atoms with E-state index < -0.39 is 11.6 Å². The number of halogens is 3. The van der Waals surface area contributed by atoms with Crippen molar-refractivity contribution in [1.82, 2.24) is 9.97 Å².